The van der Waals surface area contributed by atoms with E-state index >= 15 is 0 Å². The Balaban J connectivity index is 1.44. The van der Waals surface area contributed by atoms with Crippen molar-refractivity contribution < 1.29 is 4.79 Å². The smallest absolute Gasteiger partial charge is 0.253 e. The maximum absolute atomic E-state index is 12.3. The second-order valence-electron chi connectivity index (χ2n) is 6.32. The fourth-order valence-corrected chi connectivity index (χ4v) is 3.15. The molecule has 1 atom stereocenters. The summed E-state index contributed by atoms with van der Waals surface area (Å²) in [6.45, 7) is 2.58. The number of carbonyl (C=O) groups is 1. The molecule has 1 aliphatic carbocycles. The Morgan fingerprint density at radius 1 is 1.29 bits per heavy atom. The van der Waals surface area contributed by atoms with Crippen molar-refractivity contribution in [2.45, 2.75) is 37.4 Å². The lowest BCUT2D eigenvalue weighted by Crippen LogP contribution is -2.49. The van der Waals surface area contributed by atoms with Crippen LogP contribution in [0.15, 0.2) is 35.3 Å². The van der Waals surface area contributed by atoms with Gasteiger partial charge in [0.25, 0.3) is 5.91 Å². The van der Waals surface area contributed by atoms with Gasteiger partial charge in [0.05, 0.1) is 6.04 Å². The highest BCUT2D eigenvalue weighted by Gasteiger charge is 2.49. The third-order valence-corrected chi connectivity index (χ3v) is 4.48. The van der Waals surface area contributed by atoms with E-state index in [9.17, 15) is 4.79 Å². The van der Waals surface area contributed by atoms with Gasteiger partial charge in [0.15, 0.2) is 5.96 Å². The second kappa shape index (κ2) is 4.84. The van der Waals surface area contributed by atoms with E-state index in [1.54, 1.807) is 0 Å². The molecule has 2 heterocycles. The van der Waals surface area contributed by atoms with Crippen molar-refractivity contribution >= 4 is 11.9 Å². The van der Waals surface area contributed by atoms with Crippen LogP contribution in [0.3, 0.4) is 0 Å². The van der Waals surface area contributed by atoms with Gasteiger partial charge in [0.2, 0.25) is 0 Å². The third-order valence-electron chi connectivity index (χ3n) is 4.48. The highest BCUT2D eigenvalue weighted by molar-refractivity contribution is 6.09. The van der Waals surface area contributed by atoms with Crippen molar-refractivity contribution in [3.8, 4) is 0 Å². The first-order chi connectivity index (χ1) is 10.2. The molecule has 0 aromatic heterocycles. The SMILES string of the molecule is O=C1NC(=NC2CC2)NC12CCN(Cc1ccccc1)C2. The van der Waals surface area contributed by atoms with Crippen LogP contribution < -0.4 is 10.6 Å². The number of likely N-dealkylation sites (tertiary alicyclic amines) is 1. The summed E-state index contributed by atoms with van der Waals surface area (Å²) in [5.74, 6) is 0.765. The molecule has 2 N–H and O–H groups in total. The number of carbonyl (C=O) groups excluding carboxylic acids is 1. The molecule has 1 unspecified atom stereocenters. The largest absolute Gasteiger partial charge is 0.340 e. The van der Waals surface area contributed by atoms with Crippen LogP contribution in [0.1, 0.15) is 24.8 Å². The number of guanidine groups is 1. The summed E-state index contributed by atoms with van der Waals surface area (Å²) in [5.41, 5.74) is 0.822. The standard InChI is InChI=1S/C16H20N4O/c21-14-16(19-15(18-14)17-13-6-7-13)8-9-20(11-16)10-12-4-2-1-3-5-12/h1-5,13H,6-11H2,(H2,17,18,19,21). The molecule has 1 spiro atoms. The van der Waals surface area contributed by atoms with Crippen LogP contribution in [0.5, 0.6) is 0 Å². The Bertz CT molecular complexity index is 581. The average Bonchev–Trinajstić information content (AvgIpc) is 3.12. The van der Waals surface area contributed by atoms with Crippen LogP contribution in [-0.4, -0.2) is 41.4 Å². The molecule has 4 rings (SSSR count). The number of benzene rings is 1. The summed E-state index contributed by atoms with van der Waals surface area (Å²) in [6, 6.07) is 10.8. The van der Waals surface area contributed by atoms with Gasteiger partial charge in [-0.3, -0.25) is 15.0 Å². The highest BCUT2D eigenvalue weighted by Crippen LogP contribution is 2.28. The normalized spacial score (nSPS) is 30.9. The van der Waals surface area contributed by atoms with Gasteiger partial charge >= 0.3 is 0 Å². The lowest BCUT2D eigenvalue weighted by molar-refractivity contribution is -0.123. The zero-order valence-corrected chi connectivity index (χ0v) is 12.0. The minimum absolute atomic E-state index is 0.0810. The summed E-state index contributed by atoms with van der Waals surface area (Å²) in [7, 11) is 0. The minimum Gasteiger partial charge on any atom is -0.340 e. The molecule has 21 heavy (non-hydrogen) atoms. The summed E-state index contributed by atoms with van der Waals surface area (Å²) in [4.78, 5) is 19.2. The van der Waals surface area contributed by atoms with Crippen LogP contribution in [0.25, 0.3) is 0 Å². The molecule has 3 aliphatic rings. The maximum Gasteiger partial charge on any atom is 0.253 e. The van der Waals surface area contributed by atoms with E-state index in [-0.39, 0.29) is 5.91 Å². The quantitative estimate of drug-likeness (QED) is 0.866. The van der Waals surface area contributed by atoms with Crippen molar-refractivity contribution in [1.82, 2.24) is 15.5 Å². The van der Waals surface area contributed by atoms with Gasteiger partial charge in [0, 0.05) is 19.6 Å². The van der Waals surface area contributed by atoms with E-state index < -0.39 is 5.54 Å². The fourth-order valence-electron chi connectivity index (χ4n) is 3.15. The van der Waals surface area contributed by atoms with E-state index in [2.05, 4.69) is 44.8 Å². The van der Waals surface area contributed by atoms with Gasteiger partial charge in [-0.25, -0.2) is 4.99 Å². The molecule has 0 bridgehead atoms. The van der Waals surface area contributed by atoms with E-state index in [0.717, 1.165) is 38.9 Å². The summed E-state index contributed by atoms with van der Waals surface area (Å²) < 4.78 is 0. The average molecular weight is 284 g/mol. The molecule has 2 saturated heterocycles. The molecular formula is C16H20N4O. The number of nitrogens with zero attached hydrogens (tertiary/aromatic N) is 2. The van der Waals surface area contributed by atoms with Crippen LogP contribution >= 0.6 is 0 Å². The third kappa shape index (κ3) is 2.53. The maximum atomic E-state index is 12.3. The summed E-state index contributed by atoms with van der Waals surface area (Å²) >= 11 is 0. The van der Waals surface area contributed by atoms with Crippen LogP contribution in [-0.2, 0) is 11.3 Å². The fraction of sp³-hybridized carbons (Fsp3) is 0.500. The van der Waals surface area contributed by atoms with Crippen molar-refractivity contribution in [3.05, 3.63) is 35.9 Å². The number of amides is 1. The number of rotatable bonds is 3. The van der Waals surface area contributed by atoms with E-state index in [0.29, 0.717) is 12.0 Å². The van der Waals surface area contributed by atoms with Gasteiger partial charge in [-0.05, 0) is 24.8 Å². The van der Waals surface area contributed by atoms with Gasteiger partial charge in [-0.2, -0.15) is 0 Å². The Hall–Kier alpha value is -1.88. The van der Waals surface area contributed by atoms with Crippen LogP contribution in [0.2, 0.25) is 0 Å². The summed E-state index contributed by atoms with van der Waals surface area (Å²) in [5, 5.41) is 6.27. The minimum atomic E-state index is -0.470. The topological polar surface area (TPSA) is 56.7 Å². The van der Waals surface area contributed by atoms with E-state index in [1.807, 2.05) is 6.07 Å². The summed E-state index contributed by atoms with van der Waals surface area (Å²) in [6.07, 6.45) is 3.14. The van der Waals surface area contributed by atoms with E-state index in [1.165, 1.54) is 5.56 Å². The van der Waals surface area contributed by atoms with Crippen LogP contribution in [0, 0.1) is 0 Å². The molecule has 2 aliphatic heterocycles. The van der Waals surface area contributed by atoms with Gasteiger partial charge in [-0.15, -0.1) is 0 Å². The van der Waals surface area contributed by atoms with E-state index in [4.69, 9.17) is 0 Å². The van der Waals surface area contributed by atoms with Crippen LogP contribution in [0.4, 0.5) is 0 Å². The van der Waals surface area contributed by atoms with Gasteiger partial charge in [0.1, 0.15) is 5.54 Å². The highest BCUT2D eigenvalue weighted by atomic mass is 16.2. The predicted molar refractivity (Wildman–Crippen MR) is 80.8 cm³/mol. The van der Waals surface area contributed by atoms with Crippen molar-refractivity contribution in [2.75, 3.05) is 13.1 Å². The van der Waals surface area contributed by atoms with Crippen molar-refractivity contribution in [2.24, 2.45) is 4.99 Å². The zero-order valence-electron chi connectivity index (χ0n) is 12.0. The Labute approximate surface area is 124 Å². The first kappa shape index (κ1) is 12.8. The monoisotopic (exact) mass is 284 g/mol. The molecule has 0 radical (unpaired) electrons. The zero-order chi connectivity index (χ0) is 14.3. The molecule has 110 valence electrons. The molecule has 1 saturated carbocycles. The first-order valence-electron chi connectivity index (χ1n) is 7.67. The molecular weight excluding hydrogens is 264 g/mol. The first-order valence-corrected chi connectivity index (χ1v) is 7.67. The number of nitrogens with one attached hydrogen (secondary N) is 2. The van der Waals surface area contributed by atoms with Gasteiger partial charge in [-0.1, -0.05) is 30.3 Å². The Morgan fingerprint density at radius 2 is 2.10 bits per heavy atom. The molecule has 1 amide bonds. The Morgan fingerprint density at radius 3 is 2.86 bits per heavy atom. The molecule has 1 aromatic rings. The number of aliphatic imine (C=N–C) groups is 1. The lowest BCUT2D eigenvalue weighted by Gasteiger charge is -2.21. The molecule has 3 fully saturated rings. The second-order valence-corrected chi connectivity index (χ2v) is 6.32. The van der Waals surface area contributed by atoms with Crippen molar-refractivity contribution in [1.29, 1.82) is 0 Å². The predicted octanol–water partition coefficient (Wildman–Crippen LogP) is 0.869. The lowest BCUT2D eigenvalue weighted by atomic mass is 9.99. The molecule has 5 nitrogen and oxygen atoms in total. The number of hydrogen-bond acceptors (Lipinski definition) is 3. The van der Waals surface area contributed by atoms with Gasteiger partial charge < -0.3 is 5.32 Å². The molecule has 5 heteroatoms. The van der Waals surface area contributed by atoms with Crippen molar-refractivity contribution in [3.63, 3.8) is 0 Å². The number of hydrogen-bond donors (Lipinski definition) is 2. The molecule has 1 aromatic carbocycles. The Kier molecular flexibility index (Phi) is 2.96.